The number of rotatable bonds is 5. The van der Waals surface area contributed by atoms with Gasteiger partial charge >= 0.3 is 5.97 Å². The van der Waals surface area contributed by atoms with Gasteiger partial charge in [0, 0.05) is 5.56 Å². The molecule has 8 heteroatoms. The van der Waals surface area contributed by atoms with Gasteiger partial charge in [0.1, 0.15) is 11.3 Å². The number of nitrogens with zero attached hydrogens (tertiary/aromatic N) is 3. The molecule has 0 atom stereocenters. The fraction of sp³-hybridized carbons (Fsp3) is 0.235. The average molecular weight is 359 g/mol. The topological polar surface area (TPSA) is 75.0 Å². The Morgan fingerprint density at radius 1 is 1.20 bits per heavy atom. The molecule has 130 valence electrons. The van der Waals surface area contributed by atoms with Gasteiger partial charge in [-0.15, -0.1) is 5.10 Å². The van der Waals surface area contributed by atoms with Crippen molar-refractivity contribution < 1.29 is 19.0 Å². The van der Waals surface area contributed by atoms with Crippen LogP contribution in [0.15, 0.2) is 30.5 Å². The molecule has 0 saturated carbocycles. The quantitative estimate of drug-likeness (QED) is 0.396. The van der Waals surface area contributed by atoms with Crippen LogP contribution in [-0.2, 0) is 14.3 Å². The van der Waals surface area contributed by atoms with Gasteiger partial charge in [-0.2, -0.15) is 4.98 Å². The Bertz CT molecular complexity index is 941. The zero-order valence-corrected chi connectivity index (χ0v) is 15.1. The fourth-order valence-electron chi connectivity index (χ4n) is 2.38. The van der Waals surface area contributed by atoms with E-state index >= 15 is 0 Å². The van der Waals surface area contributed by atoms with Crippen molar-refractivity contribution in [2.45, 2.75) is 6.92 Å². The zero-order chi connectivity index (χ0) is 18.0. The lowest BCUT2D eigenvalue weighted by atomic mass is 10.2. The van der Waals surface area contributed by atoms with Crippen LogP contribution in [0.25, 0.3) is 21.9 Å². The number of benzene rings is 1. The smallest absolute Gasteiger partial charge is 0.342 e. The second-order valence-electron chi connectivity index (χ2n) is 5.13. The standard InChI is InChI=1S/C17H17N3O4S/c1-10-14(13(9-22-2)16(21)24-4)25-17-18-15(19-20(10)17)11-5-7-12(23-3)8-6-11/h5-9H,1-4H3/b13-9-. The molecule has 3 aromatic rings. The summed E-state index contributed by atoms with van der Waals surface area (Å²) in [7, 11) is 4.44. The molecular weight excluding hydrogens is 342 g/mol. The summed E-state index contributed by atoms with van der Waals surface area (Å²) < 4.78 is 16.7. The fourth-order valence-corrected chi connectivity index (χ4v) is 3.43. The van der Waals surface area contributed by atoms with E-state index in [9.17, 15) is 4.79 Å². The highest BCUT2D eigenvalue weighted by atomic mass is 32.1. The monoisotopic (exact) mass is 359 g/mol. The Kier molecular flexibility index (Phi) is 4.71. The lowest BCUT2D eigenvalue weighted by Gasteiger charge is -2.03. The number of hydrogen-bond donors (Lipinski definition) is 0. The first-order chi connectivity index (χ1) is 12.1. The number of methoxy groups -OCH3 is 3. The molecule has 0 aliphatic carbocycles. The molecule has 2 aromatic heterocycles. The van der Waals surface area contributed by atoms with E-state index in [1.165, 1.54) is 31.8 Å². The lowest BCUT2D eigenvalue weighted by molar-refractivity contribution is -0.133. The summed E-state index contributed by atoms with van der Waals surface area (Å²) in [5.41, 5.74) is 2.02. The third kappa shape index (κ3) is 3.08. The van der Waals surface area contributed by atoms with E-state index in [-0.39, 0.29) is 0 Å². The first kappa shape index (κ1) is 17.0. The van der Waals surface area contributed by atoms with Gasteiger partial charge in [-0.1, -0.05) is 11.3 Å². The largest absolute Gasteiger partial charge is 0.503 e. The molecule has 0 spiro atoms. The first-order valence-corrected chi connectivity index (χ1v) is 8.23. The van der Waals surface area contributed by atoms with E-state index in [0.717, 1.165) is 17.0 Å². The number of carbonyl (C=O) groups excluding carboxylic acids is 1. The van der Waals surface area contributed by atoms with Crippen LogP contribution in [-0.4, -0.2) is 41.9 Å². The molecular formula is C17H17N3O4S. The highest BCUT2D eigenvalue weighted by Gasteiger charge is 2.22. The molecule has 25 heavy (non-hydrogen) atoms. The Morgan fingerprint density at radius 2 is 1.92 bits per heavy atom. The summed E-state index contributed by atoms with van der Waals surface area (Å²) in [6.45, 7) is 1.87. The van der Waals surface area contributed by atoms with Crippen molar-refractivity contribution in [3.05, 3.63) is 41.1 Å². The molecule has 0 fully saturated rings. The van der Waals surface area contributed by atoms with Crippen molar-refractivity contribution in [3.63, 3.8) is 0 Å². The zero-order valence-electron chi connectivity index (χ0n) is 14.3. The predicted octanol–water partition coefficient (Wildman–Crippen LogP) is 2.94. The average Bonchev–Trinajstić information content (AvgIpc) is 3.19. The maximum Gasteiger partial charge on any atom is 0.342 e. The van der Waals surface area contributed by atoms with Crippen LogP contribution in [0.3, 0.4) is 0 Å². The van der Waals surface area contributed by atoms with Crippen LogP contribution in [0.1, 0.15) is 10.6 Å². The molecule has 3 rings (SSSR count). The highest BCUT2D eigenvalue weighted by Crippen LogP contribution is 2.31. The Balaban J connectivity index is 2.03. The van der Waals surface area contributed by atoms with E-state index in [2.05, 4.69) is 10.1 Å². The maximum absolute atomic E-state index is 12.0. The minimum atomic E-state index is -0.468. The summed E-state index contributed by atoms with van der Waals surface area (Å²) in [5, 5.41) is 4.54. The van der Waals surface area contributed by atoms with Crippen LogP contribution in [0.4, 0.5) is 0 Å². The van der Waals surface area contributed by atoms with Crippen LogP contribution >= 0.6 is 11.3 Å². The second kappa shape index (κ2) is 6.94. The van der Waals surface area contributed by atoms with Crippen molar-refractivity contribution in [2.75, 3.05) is 21.3 Å². The number of ether oxygens (including phenoxy) is 3. The van der Waals surface area contributed by atoms with Gasteiger partial charge in [0.05, 0.1) is 38.2 Å². The number of esters is 1. The van der Waals surface area contributed by atoms with Crippen molar-refractivity contribution in [1.29, 1.82) is 0 Å². The SMILES string of the molecule is CO/C=C(\C(=O)OC)c1sc2nc(-c3ccc(OC)cc3)nn2c1C. The van der Waals surface area contributed by atoms with E-state index in [1.807, 2.05) is 31.2 Å². The number of aromatic nitrogens is 3. The molecule has 0 N–H and O–H groups in total. The van der Waals surface area contributed by atoms with Gasteiger partial charge in [0.2, 0.25) is 4.96 Å². The molecule has 2 heterocycles. The number of thiazole rings is 1. The summed E-state index contributed by atoms with van der Waals surface area (Å²) >= 11 is 1.35. The minimum Gasteiger partial charge on any atom is -0.503 e. The summed E-state index contributed by atoms with van der Waals surface area (Å²) in [6.07, 6.45) is 1.37. The molecule has 1 aromatic carbocycles. The molecule has 0 saturated heterocycles. The molecule has 0 unspecified atom stereocenters. The summed E-state index contributed by atoms with van der Waals surface area (Å²) in [5.74, 6) is 0.916. The third-order valence-electron chi connectivity index (χ3n) is 3.65. The molecule has 7 nitrogen and oxygen atoms in total. The van der Waals surface area contributed by atoms with E-state index < -0.39 is 5.97 Å². The normalized spacial score (nSPS) is 11.6. The van der Waals surface area contributed by atoms with E-state index in [4.69, 9.17) is 14.2 Å². The van der Waals surface area contributed by atoms with Crippen molar-refractivity contribution in [3.8, 4) is 17.1 Å². The van der Waals surface area contributed by atoms with Crippen molar-refractivity contribution >= 4 is 27.8 Å². The lowest BCUT2D eigenvalue weighted by Crippen LogP contribution is -2.05. The first-order valence-electron chi connectivity index (χ1n) is 7.41. The number of aryl methyl sites for hydroxylation is 1. The van der Waals surface area contributed by atoms with Gasteiger partial charge in [-0.3, -0.25) is 0 Å². The highest BCUT2D eigenvalue weighted by molar-refractivity contribution is 7.18. The van der Waals surface area contributed by atoms with Gasteiger partial charge in [0.25, 0.3) is 0 Å². The number of hydrogen-bond acceptors (Lipinski definition) is 7. The Hall–Kier alpha value is -2.87. The maximum atomic E-state index is 12.0. The number of fused-ring (bicyclic) bond motifs is 1. The summed E-state index contributed by atoms with van der Waals surface area (Å²) in [6, 6.07) is 7.53. The van der Waals surface area contributed by atoms with Crippen LogP contribution in [0, 0.1) is 6.92 Å². The van der Waals surface area contributed by atoms with Gasteiger partial charge in [-0.25, -0.2) is 9.31 Å². The molecule has 0 amide bonds. The molecule has 0 aliphatic heterocycles. The van der Waals surface area contributed by atoms with Gasteiger partial charge < -0.3 is 14.2 Å². The summed E-state index contributed by atoms with van der Waals surface area (Å²) in [4.78, 5) is 17.9. The Morgan fingerprint density at radius 3 is 2.48 bits per heavy atom. The molecule has 0 aliphatic rings. The van der Waals surface area contributed by atoms with E-state index in [0.29, 0.717) is 21.2 Å². The minimum absolute atomic E-state index is 0.339. The van der Waals surface area contributed by atoms with Crippen molar-refractivity contribution in [2.24, 2.45) is 0 Å². The van der Waals surface area contributed by atoms with Crippen LogP contribution < -0.4 is 4.74 Å². The third-order valence-corrected chi connectivity index (χ3v) is 4.82. The second-order valence-corrected chi connectivity index (χ2v) is 6.11. The van der Waals surface area contributed by atoms with Crippen LogP contribution in [0.2, 0.25) is 0 Å². The van der Waals surface area contributed by atoms with E-state index in [1.54, 1.807) is 11.6 Å². The molecule has 0 bridgehead atoms. The van der Waals surface area contributed by atoms with Crippen LogP contribution in [0.5, 0.6) is 5.75 Å². The Labute approximate surface area is 148 Å². The predicted molar refractivity (Wildman–Crippen MR) is 94.6 cm³/mol. The van der Waals surface area contributed by atoms with Gasteiger partial charge in [-0.05, 0) is 31.2 Å². The molecule has 0 radical (unpaired) electrons. The number of carbonyl (C=O) groups is 1. The van der Waals surface area contributed by atoms with Gasteiger partial charge in [0.15, 0.2) is 5.82 Å². The van der Waals surface area contributed by atoms with Crippen molar-refractivity contribution in [1.82, 2.24) is 14.6 Å².